The van der Waals surface area contributed by atoms with Crippen molar-refractivity contribution in [3.63, 3.8) is 0 Å². The molecule has 1 aromatic carbocycles. The Labute approximate surface area is 159 Å². The maximum Gasteiger partial charge on any atom is 0.410 e. The summed E-state index contributed by atoms with van der Waals surface area (Å²) in [5.41, 5.74) is 1.38. The molecule has 2 aromatic rings. The van der Waals surface area contributed by atoms with Gasteiger partial charge in [0.1, 0.15) is 11.4 Å². The van der Waals surface area contributed by atoms with Gasteiger partial charge < -0.3 is 18.9 Å². The van der Waals surface area contributed by atoms with Gasteiger partial charge in [0.2, 0.25) is 0 Å². The van der Waals surface area contributed by atoms with Crippen molar-refractivity contribution in [2.24, 2.45) is 0 Å². The number of hydrogen-bond acceptors (Lipinski definition) is 6. The first kappa shape index (κ1) is 19.2. The molecule has 0 bridgehead atoms. The fraction of sp³-hybridized carbons (Fsp3) is 0.500. The molecule has 1 aromatic heterocycles. The zero-order valence-corrected chi connectivity index (χ0v) is 16.4. The van der Waals surface area contributed by atoms with Crippen LogP contribution in [0.3, 0.4) is 0 Å². The van der Waals surface area contributed by atoms with Crippen molar-refractivity contribution in [3.05, 3.63) is 36.0 Å². The van der Waals surface area contributed by atoms with Crippen LogP contribution in [0, 0.1) is 0 Å². The average Bonchev–Trinajstić information content (AvgIpc) is 3.09. The molecule has 0 atom stereocenters. The second-order valence-electron chi connectivity index (χ2n) is 7.65. The lowest BCUT2D eigenvalue weighted by atomic mass is 10.1. The number of piperazine rings is 1. The SMILES string of the molecule is COc1ccc(-c2cc(CN3CCN(C(=O)OC(C)(C)C)CC3)no2)cc1. The summed E-state index contributed by atoms with van der Waals surface area (Å²) in [6.45, 7) is 9.20. The van der Waals surface area contributed by atoms with Crippen LogP contribution in [-0.4, -0.2) is 59.9 Å². The molecule has 27 heavy (non-hydrogen) atoms. The van der Waals surface area contributed by atoms with Gasteiger partial charge >= 0.3 is 6.09 Å². The predicted molar refractivity (Wildman–Crippen MR) is 102 cm³/mol. The van der Waals surface area contributed by atoms with Crippen LogP contribution in [-0.2, 0) is 11.3 Å². The van der Waals surface area contributed by atoms with Crippen molar-refractivity contribution in [1.29, 1.82) is 0 Å². The van der Waals surface area contributed by atoms with Gasteiger partial charge in [-0.3, -0.25) is 4.90 Å². The van der Waals surface area contributed by atoms with E-state index >= 15 is 0 Å². The maximum absolute atomic E-state index is 12.1. The minimum Gasteiger partial charge on any atom is -0.497 e. The number of benzene rings is 1. The highest BCUT2D eigenvalue weighted by atomic mass is 16.6. The zero-order chi connectivity index (χ0) is 19.4. The molecule has 7 heteroatoms. The summed E-state index contributed by atoms with van der Waals surface area (Å²) in [7, 11) is 1.64. The van der Waals surface area contributed by atoms with E-state index < -0.39 is 5.60 Å². The highest BCUT2D eigenvalue weighted by Crippen LogP contribution is 2.23. The Balaban J connectivity index is 1.52. The highest BCUT2D eigenvalue weighted by Gasteiger charge is 2.26. The number of methoxy groups -OCH3 is 1. The predicted octanol–water partition coefficient (Wildman–Crippen LogP) is 3.40. The molecule has 1 aliphatic heterocycles. The number of hydrogen-bond donors (Lipinski definition) is 0. The fourth-order valence-electron chi connectivity index (χ4n) is 2.92. The number of rotatable bonds is 4. The minimum absolute atomic E-state index is 0.245. The molecule has 0 aliphatic carbocycles. The third-order valence-electron chi connectivity index (χ3n) is 4.34. The van der Waals surface area contributed by atoms with Crippen LogP contribution < -0.4 is 4.74 Å². The van der Waals surface area contributed by atoms with E-state index in [0.717, 1.165) is 35.9 Å². The van der Waals surface area contributed by atoms with Crippen LogP contribution in [0.5, 0.6) is 5.75 Å². The first-order valence-corrected chi connectivity index (χ1v) is 9.14. The summed E-state index contributed by atoms with van der Waals surface area (Å²) in [4.78, 5) is 16.2. The van der Waals surface area contributed by atoms with E-state index in [0.29, 0.717) is 19.6 Å². The summed E-state index contributed by atoms with van der Waals surface area (Å²) in [5.74, 6) is 1.54. The number of carbonyl (C=O) groups excluding carboxylic acids is 1. The van der Waals surface area contributed by atoms with Gasteiger partial charge in [0.15, 0.2) is 5.76 Å². The van der Waals surface area contributed by atoms with E-state index in [1.165, 1.54) is 0 Å². The maximum atomic E-state index is 12.1. The van der Waals surface area contributed by atoms with Crippen molar-refractivity contribution in [1.82, 2.24) is 15.0 Å². The van der Waals surface area contributed by atoms with Gasteiger partial charge in [-0.1, -0.05) is 5.16 Å². The highest BCUT2D eigenvalue weighted by molar-refractivity contribution is 5.68. The summed E-state index contributed by atoms with van der Waals surface area (Å²) < 4.78 is 16.1. The fourth-order valence-corrected chi connectivity index (χ4v) is 2.92. The molecule has 0 spiro atoms. The first-order valence-electron chi connectivity index (χ1n) is 9.14. The van der Waals surface area contributed by atoms with E-state index in [4.69, 9.17) is 14.0 Å². The van der Waals surface area contributed by atoms with Crippen molar-refractivity contribution >= 4 is 6.09 Å². The molecule has 0 unspecified atom stereocenters. The smallest absolute Gasteiger partial charge is 0.410 e. The summed E-state index contributed by atoms with van der Waals surface area (Å²) in [6.07, 6.45) is -0.245. The summed E-state index contributed by atoms with van der Waals surface area (Å²) in [5, 5.41) is 4.18. The Bertz CT molecular complexity index is 756. The Morgan fingerprint density at radius 3 is 2.41 bits per heavy atom. The minimum atomic E-state index is -0.465. The van der Waals surface area contributed by atoms with E-state index in [-0.39, 0.29) is 6.09 Å². The van der Waals surface area contributed by atoms with E-state index in [1.807, 2.05) is 51.1 Å². The molecule has 0 N–H and O–H groups in total. The van der Waals surface area contributed by atoms with E-state index in [9.17, 15) is 4.79 Å². The largest absolute Gasteiger partial charge is 0.497 e. The zero-order valence-electron chi connectivity index (χ0n) is 16.4. The van der Waals surface area contributed by atoms with Crippen LogP contribution in [0.4, 0.5) is 4.79 Å². The van der Waals surface area contributed by atoms with Gasteiger partial charge in [0, 0.05) is 44.4 Å². The van der Waals surface area contributed by atoms with Crippen molar-refractivity contribution in [2.45, 2.75) is 32.9 Å². The van der Waals surface area contributed by atoms with Crippen LogP contribution in [0.1, 0.15) is 26.5 Å². The van der Waals surface area contributed by atoms with Crippen LogP contribution in [0.25, 0.3) is 11.3 Å². The summed E-state index contributed by atoms with van der Waals surface area (Å²) >= 11 is 0. The van der Waals surface area contributed by atoms with E-state index in [1.54, 1.807) is 12.0 Å². The Kier molecular flexibility index (Phi) is 5.70. The topological polar surface area (TPSA) is 68.0 Å². The van der Waals surface area contributed by atoms with Gasteiger partial charge in [0.25, 0.3) is 0 Å². The van der Waals surface area contributed by atoms with Crippen LogP contribution in [0.2, 0.25) is 0 Å². The normalized spacial score (nSPS) is 15.6. The standard InChI is InChI=1S/C20H27N3O4/c1-20(2,3)26-19(24)23-11-9-22(10-12-23)14-16-13-18(27-21-16)15-5-7-17(25-4)8-6-15/h5-8,13H,9-12,14H2,1-4H3. The van der Waals surface area contributed by atoms with Crippen LogP contribution >= 0.6 is 0 Å². The van der Waals surface area contributed by atoms with Crippen molar-refractivity contribution < 1.29 is 18.8 Å². The average molecular weight is 373 g/mol. The number of carbonyl (C=O) groups is 1. The van der Waals surface area contributed by atoms with Crippen molar-refractivity contribution in [2.75, 3.05) is 33.3 Å². The third kappa shape index (κ3) is 5.23. The van der Waals surface area contributed by atoms with Gasteiger partial charge in [-0.25, -0.2) is 4.79 Å². The Hall–Kier alpha value is -2.54. The van der Waals surface area contributed by atoms with Gasteiger partial charge in [-0.15, -0.1) is 0 Å². The Morgan fingerprint density at radius 1 is 1.15 bits per heavy atom. The number of aromatic nitrogens is 1. The molecule has 0 radical (unpaired) electrons. The summed E-state index contributed by atoms with van der Waals surface area (Å²) in [6, 6.07) is 9.65. The molecule has 7 nitrogen and oxygen atoms in total. The molecule has 2 heterocycles. The van der Waals surface area contributed by atoms with Crippen molar-refractivity contribution in [3.8, 4) is 17.1 Å². The second-order valence-corrected chi connectivity index (χ2v) is 7.65. The third-order valence-corrected chi connectivity index (χ3v) is 4.34. The molecule has 1 saturated heterocycles. The monoisotopic (exact) mass is 373 g/mol. The molecular formula is C20H27N3O4. The molecule has 0 saturated carbocycles. The Morgan fingerprint density at radius 2 is 1.81 bits per heavy atom. The van der Waals surface area contributed by atoms with E-state index in [2.05, 4.69) is 10.1 Å². The second kappa shape index (κ2) is 8.00. The number of amides is 1. The molecular weight excluding hydrogens is 346 g/mol. The van der Waals surface area contributed by atoms with Gasteiger partial charge in [0.05, 0.1) is 12.8 Å². The first-order chi connectivity index (χ1) is 12.8. The number of ether oxygens (including phenoxy) is 2. The number of nitrogens with zero attached hydrogens (tertiary/aromatic N) is 3. The van der Waals surface area contributed by atoms with Gasteiger partial charge in [-0.2, -0.15) is 0 Å². The lowest BCUT2D eigenvalue weighted by Gasteiger charge is -2.35. The molecule has 1 fully saturated rings. The quantitative estimate of drug-likeness (QED) is 0.818. The molecule has 146 valence electrons. The molecule has 1 amide bonds. The lowest BCUT2D eigenvalue weighted by molar-refractivity contribution is 0.0137. The van der Waals surface area contributed by atoms with Gasteiger partial charge in [-0.05, 0) is 45.0 Å². The lowest BCUT2D eigenvalue weighted by Crippen LogP contribution is -2.49. The van der Waals surface area contributed by atoms with Crippen LogP contribution in [0.15, 0.2) is 34.9 Å². The molecule has 3 rings (SSSR count). The molecule has 1 aliphatic rings.